The van der Waals surface area contributed by atoms with Crippen molar-refractivity contribution in [2.24, 2.45) is 0 Å². The first-order chi connectivity index (χ1) is 13.6. The summed E-state index contributed by atoms with van der Waals surface area (Å²) in [6, 6.07) is 8.37. The third-order valence-corrected chi connectivity index (χ3v) is 6.59. The molecule has 0 atom stereocenters. The average Bonchev–Trinajstić information content (AvgIpc) is 3.13. The second-order valence-corrected chi connectivity index (χ2v) is 9.64. The predicted molar refractivity (Wildman–Crippen MR) is 117 cm³/mol. The van der Waals surface area contributed by atoms with Gasteiger partial charge in [-0.15, -0.1) is 0 Å². The number of aliphatic hydroxyl groups excluding tert-OH is 1. The first-order valence-corrected chi connectivity index (χ1v) is 10.7. The summed E-state index contributed by atoms with van der Waals surface area (Å²) >= 11 is 0. The molecule has 0 aliphatic heterocycles. The Bertz CT molecular complexity index is 891. The molecule has 0 spiro atoms. The van der Waals surface area contributed by atoms with Crippen molar-refractivity contribution in [1.82, 2.24) is 4.90 Å². The Morgan fingerprint density at radius 1 is 1.10 bits per heavy atom. The molecule has 1 heterocycles. The molecule has 0 fully saturated rings. The molecule has 0 saturated heterocycles. The summed E-state index contributed by atoms with van der Waals surface area (Å²) in [7, 11) is 0. The lowest BCUT2D eigenvalue weighted by molar-refractivity contribution is 0.0698. The van der Waals surface area contributed by atoms with Crippen molar-refractivity contribution < 1.29 is 14.3 Å². The van der Waals surface area contributed by atoms with E-state index in [0.717, 1.165) is 5.76 Å². The fraction of sp³-hybridized carbons (Fsp3) is 0.560. The molecule has 0 bridgehead atoms. The number of aryl methyl sites for hydroxylation is 1. The number of nitrogens with zero attached hydrogens (tertiary/aromatic N) is 1. The van der Waals surface area contributed by atoms with Gasteiger partial charge in [-0.2, -0.15) is 0 Å². The number of fused-ring (bicyclic) bond motifs is 1. The van der Waals surface area contributed by atoms with E-state index in [2.05, 4.69) is 46.8 Å². The SMILES string of the molecule is CCN(CCO)C(=O)c1ccc(Cc2cc3c(cc2C)C(C)(C)CCC3(C)C)o1. The van der Waals surface area contributed by atoms with E-state index in [1.165, 1.54) is 35.1 Å². The Morgan fingerprint density at radius 3 is 2.31 bits per heavy atom. The van der Waals surface area contributed by atoms with Gasteiger partial charge in [-0.05, 0) is 71.9 Å². The summed E-state index contributed by atoms with van der Waals surface area (Å²) in [4.78, 5) is 14.2. The minimum atomic E-state index is -0.169. The summed E-state index contributed by atoms with van der Waals surface area (Å²) < 4.78 is 5.90. The summed E-state index contributed by atoms with van der Waals surface area (Å²) in [5.41, 5.74) is 5.81. The zero-order valence-electron chi connectivity index (χ0n) is 18.8. The van der Waals surface area contributed by atoms with Crippen molar-refractivity contribution >= 4 is 5.91 Å². The second kappa shape index (κ2) is 7.98. The molecule has 0 saturated carbocycles. The first kappa shape index (κ1) is 21.6. The molecule has 3 rings (SSSR count). The standard InChI is InChI=1S/C25H35NO3/c1-7-26(12-13-27)23(28)22-9-8-19(29-22)15-18-16-21-20(14-17(18)2)24(3,4)10-11-25(21,5)6/h8-9,14,16,27H,7,10-13,15H2,1-6H3. The molecule has 1 aliphatic carbocycles. The Hall–Kier alpha value is -2.07. The maximum Gasteiger partial charge on any atom is 0.289 e. The quantitative estimate of drug-likeness (QED) is 0.748. The molecule has 0 unspecified atom stereocenters. The van der Waals surface area contributed by atoms with Crippen molar-refractivity contribution in [2.75, 3.05) is 19.7 Å². The molecule has 2 aromatic rings. The van der Waals surface area contributed by atoms with Crippen molar-refractivity contribution in [2.45, 2.75) is 71.6 Å². The number of rotatable bonds is 6. The van der Waals surface area contributed by atoms with E-state index in [9.17, 15) is 4.79 Å². The van der Waals surface area contributed by atoms with Crippen molar-refractivity contribution in [3.63, 3.8) is 0 Å². The Kier molecular flexibility index (Phi) is 5.96. The Morgan fingerprint density at radius 2 is 1.72 bits per heavy atom. The third-order valence-electron chi connectivity index (χ3n) is 6.59. The van der Waals surface area contributed by atoms with Crippen LogP contribution in [0.4, 0.5) is 0 Å². The highest BCUT2D eigenvalue weighted by Crippen LogP contribution is 2.46. The van der Waals surface area contributed by atoms with Crippen LogP contribution >= 0.6 is 0 Å². The lowest BCUT2D eigenvalue weighted by Crippen LogP contribution is -2.34. The lowest BCUT2D eigenvalue weighted by atomic mass is 9.62. The average molecular weight is 398 g/mol. The second-order valence-electron chi connectivity index (χ2n) is 9.64. The molecule has 1 aromatic heterocycles. The number of likely N-dealkylation sites (N-methyl/N-ethyl adjacent to an activating group) is 1. The van der Waals surface area contributed by atoms with Gasteiger partial charge in [-0.3, -0.25) is 4.79 Å². The van der Waals surface area contributed by atoms with Crippen LogP contribution in [-0.4, -0.2) is 35.6 Å². The normalized spacial score (nSPS) is 17.1. The van der Waals surface area contributed by atoms with Crippen LogP contribution in [0.15, 0.2) is 28.7 Å². The number of carbonyl (C=O) groups excluding carboxylic acids is 1. The molecule has 1 N–H and O–H groups in total. The van der Waals surface area contributed by atoms with Crippen LogP contribution in [0.5, 0.6) is 0 Å². The number of amides is 1. The zero-order chi connectivity index (χ0) is 21.4. The van der Waals surface area contributed by atoms with Crippen LogP contribution < -0.4 is 0 Å². The van der Waals surface area contributed by atoms with E-state index in [0.29, 0.717) is 25.3 Å². The fourth-order valence-electron chi connectivity index (χ4n) is 4.41. The van der Waals surface area contributed by atoms with E-state index in [4.69, 9.17) is 9.52 Å². The van der Waals surface area contributed by atoms with Gasteiger partial charge in [0.15, 0.2) is 5.76 Å². The van der Waals surface area contributed by atoms with E-state index < -0.39 is 0 Å². The van der Waals surface area contributed by atoms with Gasteiger partial charge in [-0.1, -0.05) is 39.8 Å². The largest absolute Gasteiger partial charge is 0.456 e. The van der Waals surface area contributed by atoms with Crippen LogP contribution in [-0.2, 0) is 17.3 Å². The lowest BCUT2D eigenvalue weighted by Gasteiger charge is -2.42. The van der Waals surface area contributed by atoms with Gasteiger partial charge in [0, 0.05) is 19.5 Å². The molecule has 1 aliphatic rings. The summed E-state index contributed by atoms with van der Waals surface area (Å²) in [5, 5.41) is 9.15. The highest BCUT2D eigenvalue weighted by Gasteiger charge is 2.37. The first-order valence-electron chi connectivity index (χ1n) is 10.7. The van der Waals surface area contributed by atoms with E-state index in [1.807, 2.05) is 13.0 Å². The number of benzene rings is 1. The molecule has 29 heavy (non-hydrogen) atoms. The molecule has 1 aromatic carbocycles. The Balaban J connectivity index is 1.89. The summed E-state index contributed by atoms with van der Waals surface area (Å²) in [6.07, 6.45) is 3.07. The molecular weight excluding hydrogens is 362 g/mol. The minimum Gasteiger partial charge on any atom is -0.456 e. The third kappa shape index (κ3) is 4.28. The number of carbonyl (C=O) groups is 1. The van der Waals surface area contributed by atoms with Gasteiger partial charge in [-0.25, -0.2) is 0 Å². The van der Waals surface area contributed by atoms with Crippen molar-refractivity contribution in [3.05, 3.63) is 58.0 Å². The Labute approximate surface area is 174 Å². The van der Waals surface area contributed by atoms with Gasteiger partial charge < -0.3 is 14.4 Å². The fourth-order valence-corrected chi connectivity index (χ4v) is 4.41. The van der Waals surface area contributed by atoms with Gasteiger partial charge in [0.25, 0.3) is 5.91 Å². The van der Waals surface area contributed by atoms with E-state index in [1.54, 1.807) is 11.0 Å². The van der Waals surface area contributed by atoms with Crippen LogP contribution in [0.3, 0.4) is 0 Å². The van der Waals surface area contributed by atoms with Crippen LogP contribution in [0.25, 0.3) is 0 Å². The van der Waals surface area contributed by atoms with Gasteiger partial charge >= 0.3 is 0 Å². The highest BCUT2D eigenvalue weighted by atomic mass is 16.4. The van der Waals surface area contributed by atoms with E-state index >= 15 is 0 Å². The topological polar surface area (TPSA) is 53.7 Å². The maximum atomic E-state index is 12.6. The highest BCUT2D eigenvalue weighted by molar-refractivity contribution is 5.91. The predicted octanol–water partition coefficient (Wildman–Crippen LogP) is 4.98. The number of hydrogen-bond donors (Lipinski definition) is 1. The van der Waals surface area contributed by atoms with E-state index in [-0.39, 0.29) is 23.3 Å². The monoisotopic (exact) mass is 397 g/mol. The number of furan rings is 1. The maximum absolute atomic E-state index is 12.6. The number of hydrogen-bond acceptors (Lipinski definition) is 3. The van der Waals surface area contributed by atoms with Gasteiger partial charge in [0.1, 0.15) is 5.76 Å². The summed E-state index contributed by atoms with van der Waals surface area (Å²) in [6.45, 7) is 14.2. The summed E-state index contributed by atoms with van der Waals surface area (Å²) in [5.74, 6) is 0.967. The number of aliphatic hydroxyl groups is 1. The van der Waals surface area contributed by atoms with Gasteiger partial charge in [0.2, 0.25) is 0 Å². The molecule has 4 heteroatoms. The molecule has 158 valence electrons. The van der Waals surface area contributed by atoms with Crippen molar-refractivity contribution in [3.8, 4) is 0 Å². The molecule has 0 radical (unpaired) electrons. The van der Waals surface area contributed by atoms with Crippen LogP contribution in [0.1, 0.15) is 86.0 Å². The van der Waals surface area contributed by atoms with Crippen LogP contribution in [0.2, 0.25) is 0 Å². The zero-order valence-corrected chi connectivity index (χ0v) is 18.8. The molecule has 1 amide bonds. The van der Waals surface area contributed by atoms with Crippen molar-refractivity contribution in [1.29, 1.82) is 0 Å². The minimum absolute atomic E-state index is 0.0480. The smallest absolute Gasteiger partial charge is 0.289 e. The van der Waals surface area contributed by atoms with Gasteiger partial charge in [0.05, 0.1) is 6.61 Å². The van der Waals surface area contributed by atoms with Crippen LogP contribution in [0, 0.1) is 6.92 Å². The molecular formula is C25H35NO3. The molecule has 4 nitrogen and oxygen atoms in total.